The molecule has 1 amide bonds. The van der Waals surface area contributed by atoms with Crippen LogP contribution in [0.1, 0.15) is 64.9 Å². The molecule has 0 aromatic heterocycles. The van der Waals surface area contributed by atoms with Gasteiger partial charge in [-0.05, 0) is 44.2 Å². The maximum absolute atomic E-state index is 12.5. The van der Waals surface area contributed by atoms with Crippen molar-refractivity contribution in [2.45, 2.75) is 70.9 Å². The molecule has 0 saturated heterocycles. The van der Waals surface area contributed by atoms with Crippen molar-refractivity contribution in [1.29, 1.82) is 0 Å². The van der Waals surface area contributed by atoms with E-state index >= 15 is 0 Å². The smallest absolute Gasteiger partial charge is 0.256 e. The molecule has 0 fully saturated rings. The van der Waals surface area contributed by atoms with Crippen molar-refractivity contribution in [2.24, 2.45) is 5.84 Å². The predicted molar refractivity (Wildman–Crippen MR) is 98.2 cm³/mol. The molecule has 134 valence electrons. The molecular weight excluding hydrogens is 302 g/mol. The summed E-state index contributed by atoms with van der Waals surface area (Å²) in [5, 5.41) is 0. The molecule has 1 heterocycles. The summed E-state index contributed by atoms with van der Waals surface area (Å²) in [6.45, 7) is 8.79. The van der Waals surface area contributed by atoms with Crippen LogP contribution in [0.15, 0.2) is 18.2 Å². The lowest BCUT2D eigenvalue weighted by atomic mass is 9.78. The number of benzene rings is 1. The first-order valence-corrected chi connectivity index (χ1v) is 8.83. The number of fused-ring (bicyclic) bond motifs is 1. The number of hydrogen-bond acceptors (Lipinski definition) is 4. The minimum absolute atomic E-state index is 0.125. The van der Waals surface area contributed by atoms with Crippen molar-refractivity contribution in [2.75, 3.05) is 12.0 Å². The number of nitrogens with two attached hydrogens (primary N) is 1. The molecule has 0 spiro atoms. The van der Waals surface area contributed by atoms with Crippen LogP contribution in [0, 0.1) is 0 Å². The van der Waals surface area contributed by atoms with E-state index in [-0.39, 0.29) is 17.5 Å². The topological polar surface area (TPSA) is 67.6 Å². The van der Waals surface area contributed by atoms with Crippen LogP contribution in [0.25, 0.3) is 0 Å². The molecule has 0 bridgehead atoms. The Balaban J connectivity index is 2.55. The highest BCUT2D eigenvalue weighted by Gasteiger charge is 2.42. The first-order chi connectivity index (χ1) is 11.4. The number of nitrogens with zero attached hydrogens (tertiary/aromatic N) is 1. The van der Waals surface area contributed by atoms with E-state index in [2.05, 4.69) is 50.2 Å². The zero-order valence-electron chi connectivity index (χ0n) is 15.6. The summed E-state index contributed by atoms with van der Waals surface area (Å²) in [6.07, 6.45) is 3.81. The Kier molecular flexibility index (Phi) is 5.75. The molecule has 1 aliphatic rings. The number of hydrogen-bond donors (Lipinski definition) is 2. The number of carbonyl (C=O) groups is 1. The third kappa shape index (κ3) is 3.51. The number of unbranched alkanes of at least 4 members (excludes halogenated alkanes) is 1. The fourth-order valence-corrected chi connectivity index (χ4v) is 4.02. The summed E-state index contributed by atoms with van der Waals surface area (Å²) >= 11 is 0. The van der Waals surface area contributed by atoms with Gasteiger partial charge in [0.15, 0.2) is 0 Å². The second-order valence-electron chi connectivity index (χ2n) is 7.38. The Labute approximate surface area is 145 Å². The molecule has 0 unspecified atom stereocenters. The number of anilines is 1. The van der Waals surface area contributed by atoms with E-state index in [0.717, 1.165) is 37.1 Å². The van der Waals surface area contributed by atoms with Crippen molar-refractivity contribution in [1.82, 2.24) is 5.43 Å². The molecule has 0 saturated carbocycles. The number of carbonyl (C=O) groups excluding carboxylic acids is 1. The summed E-state index contributed by atoms with van der Waals surface area (Å²) in [5.74, 6) is 6.61. The summed E-state index contributed by atoms with van der Waals surface area (Å²) in [4.78, 5) is 14.8. The molecule has 1 aromatic carbocycles. The van der Waals surface area contributed by atoms with Gasteiger partial charge in [0, 0.05) is 17.3 Å². The molecule has 1 aliphatic heterocycles. The van der Waals surface area contributed by atoms with Crippen LogP contribution in [-0.2, 0) is 4.79 Å². The van der Waals surface area contributed by atoms with E-state index in [4.69, 9.17) is 10.6 Å². The maximum atomic E-state index is 12.5. The second kappa shape index (κ2) is 7.43. The van der Waals surface area contributed by atoms with Gasteiger partial charge in [0.2, 0.25) is 0 Å². The fourth-order valence-electron chi connectivity index (χ4n) is 4.02. The van der Waals surface area contributed by atoms with Crippen LogP contribution >= 0.6 is 0 Å². The highest BCUT2D eigenvalue weighted by Crippen LogP contribution is 2.46. The summed E-state index contributed by atoms with van der Waals surface area (Å²) in [6, 6.07) is 5.90. The molecule has 2 atom stereocenters. The van der Waals surface area contributed by atoms with Crippen LogP contribution in [0.2, 0.25) is 0 Å². The largest absolute Gasteiger partial charge is 0.497 e. The van der Waals surface area contributed by atoms with Gasteiger partial charge >= 0.3 is 0 Å². The SMILES string of the molecule is CCCC[C@@H](C(=O)NN)N1c2cc(OC)ccc2[C@@H](C)CC1(C)C. The van der Waals surface area contributed by atoms with Crippen molar-refractivity contribution in [3.63, 3.8) is 0 Å². The second-order valence-corrected chi connectivity index (χ2v) is 7.38. The molecule has 0 radical (unpaired) electrons. The van der Waals surface area contributed by atoms with Gasteiger partial charge in [-0.3, -0.25) is 10.2 Å². The highest BCUT2D eigenvalue weighted by molar-refractivity contribution is 5.86. The number of hydrazine groups is 1. The number of rotatable bonds is 6. The van der Waals surface area contributed by atoms with E-state index in [1.165, 1.54) is 5.56 Å². The molecule has 0 aliphatic carbocycles. The minimum Gasteiger partial charge on any atom is -0.497 e. The number of amides is 1. The molecular formula is C19H31N3O2. The molecule has 1 aromatic rings. The van der Waals surface area contributed by atoms with Gasteiger partial charge in [-0.25, -0.2) is 5.84 Å². The molecule has 24 heavy (non-hydrogen) atoms. The summed E-state index contributed by atoms with van der Waals surface area (Å²) < 4.78 is 5.43. The first kappa shape index (κ1) is 18.6. The Bertz CT molecular complexity index is 586. The van der Waals surface area contributed by atoms with Crippen LogP contribution in [0.5, 0.6) is 5.75 Å². The molecule has 2 rings (SSSR count). The quantitative estimate of drug-likeness (QED) is 0.476. The summed E-state index contributed by atoms with van der Waals surface area (Å²) in [7, 11) is 1.67. The predicted octanol–water partition coefficient (Wildman–Crippen LogP) is 3.34. The molecule has 5 nitrogen and oxygen atoms in total. The Morgan fingerprint density at radius 1 is 1.50 bits per heavy atom. The van der Waals surface area contributed by atoms with E-state index < -0.39 is 0 Å². The third-order valence-electron chi connectivity index (χ3n) is 5.07. The van der Waals surface area contributed by atoms with Crippen molar-refractivity contribution in [3.8, 4) is 5.75 Å². The van der Waals surface area contributed by atoms with Crippen molar-refractivity contribution in [3.05, 3.63) is 23.8 Å². The van der Waals surface area contributed by atoms with Crippen LogP contribution in [0.4, 0.5) is 5.69 Å². The highest BCUT2D eigenvalue weighted by atomic mass is 16.5. The normalized spacial score (nSPS) is 20.2. The third-order valence-corrected chi connectivity index (χ3v) is 5.07. The minimum atomic E-state index is -0.275. The number of ether oxygens (including phenoxy) is 1. The fraction of sp³-hybridized carbons (Fsp3) is 0.632. The van der Waals surface area contributed by atoms with Gasteiger partial charge in [-0.2, -0.15) is 0 Å². The van der Waals surface area contributed by atoms with Crippen molar-refractivity contribution < 1.29 is 9.53 Å². The van der Waals surface area contributed by atoms with E-state index in [0.29, 0.717) is 5.92 Å². The van der Waals surface area contributed by atoms with Crippen molar-refractivity contribution >= 4 is 11.6 Å². The lowest BCUT2D eigenvalue weighted by Crippen LogP contribution is -2.59. The van der Waals surface area contributed by atoms with Gasteiger partial charge in [0.1, 0.15) is 11.8 Å². The lowest BCUT2D eigenvalue weighted by molar-refractivity contribution is -0.123. The summed E-state index contributed by atoms with van der Waals surface area (Å²) in [5.41, 5.74) is 4.58. The monoisotopic (exact) mass is 333 g/mol. The zero-order valence-corrected chi connectivity index (χ0v) is 15.6. The standard InChI is InChI=1S/C19H31N3O2/c1-6-7-8-16(18(23)21-20)22-17-11-14(24-5)9-10-15(17)13(2)12-19(22,3)4/h9-11,13,16H,6-8,12,20H2,1-5H3,(H,21,23)/t13-,16-/m0/s1. The maximum Gasteiger partial charge on any atom is 0.256 e. The van der Waals surface area contributed by atoms with Gasteiger partial charge in [0.25, 0.3) is 5.91 Å². The van der Waals surface area contributed by atoms with Crippen LogP contribution < -0.4 is 20.9 Å². The van der Waals surface area contributed by atoms with Gasteiger partial charge < -0.3 is 9.64 Å². The molecule has 3 N–H and O–H groups in total. The van der Waals surface area contributed by atoms with E-state index in [1.807, 2.05) is 6.07 Å². The van der Waals surface area contributed by atoms with Gasteiger partial charge in [-0.1, -0.05) is 32.8 Å². The Hall–Kier alpha value is -1.75. The lowest BCUT2D eigenvalue weighted by Gasteiger charge is -2.50. The average Bonchev–Trinajstić information content (AvgIpc) is 2.55. The number of methoxy groups -OCH3 is 1. The first-order valence-electron chi connectivity index (χ1n) is 8.83. The van der Waals surface area contributed by atoms with Crippen LogP contribution in [0.3, 0.4) is 0 Å². The van der Waals surface area contributed by atoms with Crippen LogP contribution in [-0.4, -0.2) is 24.6 Å². The van der Waals surface area contributed by atoms with E-state index in [9.17, 15) is 4.79 Å². The Morgan fingerprint density at radius 3 is 2.79 bits per heavy atom. The Morgan fingerprint density at radius 2 is 2.21 bits per heavy atom. The van der Waals surface area contributed by atoms with Gasteiger partial charge in [0.05, 0.1) is 7.11 Å². The zero-order chi connectivity index (χ0) is 17.9. The molecule has 5 heteroatoms. The average molecular weight is 333 g/mol. The van der Waals surface area contributed by atoms with Gasteiger partial charge in [-0.15, -0.1) is 0 Å². The van der Waals surface area contributed by atoms with E-state index in [1.54, 1.807) is 7.11 Å². The number of nitrogens with one attached hydrogen (secondary N) is 1.